The highest BCUT2D eigenvalue weighted by Crippen LogP contribution is 2.31. The summed E-state index contributed by atoms with van der Waals surface area (Å²) in [5.74, 6) is 1.09. The van der Waals surface area contributed by atoms with E-state index in [-0.39, 0.29) is 0 Å². The minimum atomic E-state index is -0.633. The van der Waals surface area contributed by atoms with Gasteiger partial charge in [-0.3, -0.25) is 4.98 Å². The molecule has 0 aliphatic heterocycles. The molecule has 2 aromatic heterocycles. The van der Waals surface area contributed by atoms with Crippen molar-refractivity contribution in [1.82, 2.24) is 9.97 Å². The summed E-state index contributed by atoms with van der Waals surface area (Å²) >= 11 is 0. The van der Waals surface area contributed by atoms with Gasteiger partial charge in [0.15, 0.2) is 0 Å². The van der Waals surface area contributed by atoms with Crippen LogP contribution in [0.2, 0.25) is 0 Å². The fourth-order valence-corrected chi connectivity index (χ4v) is 2.07. The fourth-order valence-electron chi connectivity index (χ4n) is 2.07. The van der Waals surface area contributed by atoms with Crippen LogP contribution in [-0.2, 0) is 0 Å². The number of hydrogen-bond donors (Lipinski definition) is 1. The van der Waals surface area contributed by atoms with Crippen LogP contribution >= 0.6 is 0 Å². The normalized spacial score (nSPS) is 12.3. The lowest BCUT2D eigenvalue weighted by Crippen LogP contribution is -1.98. The van der Waals surface area contributed by atoms with Crippen LogP contribution in [0.5, 0.6) is 11.6 Å². The molecule has 0 aliphatic rings. The molecule has 0 spiro atoms. The summed E-state index contributed by atoms with van der Waals surface area (Å²) in [6.45, 7) is 1.69. The van der Waals surface area contributed by atoms with Crippen molar-refractivity contribution in [3.05, 3.63) is 60.4 Å². The van der Waals surface area contributed by atoms with Crippen LogP contribution in [-0.4, -0.2) is 15.1 Å². The van der Waals surface area contributed by atoms with E-state index in [9.17, 15) is 5.11 Å². The van der Waals surface area contributed by atoms with Crippen LogP contribution in [0.4, 0.5) is 0 Å². The third kappa shape index (κ3) is 2.33. The molecule has 4 heteroatoms. The summed E-state index contributed by atoms with van der Waals surface area (Å²) in [7, 11) is 0. The number of pyridine rings is 2. The molecule has 0 amide bonds. The van der Waals surface area contributed by atoms with Crippen molar-refractivity contribution in [3.8, 4) is 11.6 Å². The maximum Gasteiger partial charge on any atom is 0.225 e. The van der Waals surface area contributed by atoms with Crippen molar-refractivity contribution in [1.29, 1.82) is 0 Å². The van der Waals surface area contributed by atoms with Gasteiger partial charge in [0.05, 0.1) is 11.6 Å². The standard InChI is InChI=1S/C16H14N2O2/c1-11(19)12-5-3-10-18-16(12)20-15-8-2-7-14-13(15)6-4-9-17-14/h2-11,19H,1H3. The Morgan fingerprint density at radius 1 is 1.00 bits per heavy atom. The zero-order valence-electron chi connectivity index (χ0n) is 11.0. The zero-order chi connectivity index (χ0) is 13.9. The number of benzene rings is 1. The molecule has 1 aromatic carbocycles. The van der Waals surface area contributed by atoms with Gasteiger partial charge in [-0.1, -0.05) is 6.07 Å². The van der Waals surface area contributed by atoms with Crippen LogP contribution < -0.4 is 4.74 Å². The molecule has 1 atom stereocenters. The lowest BCUT2D eigenvalue weighted by atomic mass is 10.1. The minimum absolute atomic E-state index is 0.416. The Bertz CT molecular complexity index is 736. The van der Waals surface area contributed by atoms with E-state index < -0.39 is 6.10 Å². The maximum absolute atomic E-state index is 9.76. The second-order valence-electron chi connectivity index (χ2n) is 4.50. The summed E-state index contributed by atoms with van der Waals surface area (Å²) in [4.78, 5) is 8.49. The van der Waals surface area contributed by atoms with Gasteiger partial charge >= 0.3 is 0 Å². The highest BCUT2D eigenvalue weighted by molar-refractivity contribution is 5.85. The van der Waals surface area contributed by atoms with Crippen molar-refractivity contribution in [2.45, 2.75) is 13.0 Å². The van der Waals surface area contributed by atoms with Gasteiger partial charge in [-0.25, -0.2) is 4.98 Å². The number of aromatic nitrogens is 2. The Kier molecular flexibility index (Phi) is 3.31. The third-order valence-corrected chi connectivity index (χ3v) is 3.06. The Morgan fingerprint density at radius 2 is 1.80 bits per heavy atom. The number of aliphatic hydroxyl groups is 1. The second-order valence-corrected chi connectivity index (χ2v) is 4.50. The molecule has 0 saturated carbocycles. The number of nitrogens with zero attached hydrogens (tertiary/aromatic N) is 2. The number of fused-ring (bicyclic) bond motifs is 1. The first-order valence-electron chi connectivity index (χ1n) is 6.40. The van der Waals surface area contributed by atoms with Crippen molar-refractivity contribution < 1.29 is 9.84 Å². The molecule has 0 saturated heterocycles. The van der Waals surface area contributed by atoms with Gasteiger partial charge in [0.2, 0.25) is 5.88 Å². The fraction of sp³-hybridized carbons (Fsp3) is 0.125. The van der Waals surface area contributed by atoms with Crippen LogP contribution in [0.3, 0.4) is 0 Å². The van der Waals surface area contributed by atoms with Crippen LogP contribution in [0.1, 0.15) is 18.6 Å². The number of aliphatic hydroxyl groups excluding tert-OH is 1. The SMILES string of the molecule is CC(O)c1cccnc1Oc1cccc2ncccc12. The van der Waals surface area contributed by atoms with E-state index in [1.807, 2.05) is 30.3 Å². The van der Waals surface area contributed by atoms with Crippen LogP contribution in [0.25, 0.3) is 10.9 Å². The zero-order valence-corrected chi connectivity index (χ0v) is 11.0. The quantitative estimate of drug-likeness (QED) is 0.788. The molecule has 4 nitrogen and oxygen atoms in total. The van der Waals surface area contributed by atoms with E-state index in [2.05, 4.69) is 9.97 Å². The Hall–Kier alpha value is -2.46. The molecule has 0 bridgehead atoms. The Labute approximate surface area is 116 Å². The maximum atomic E-state index is 9.76. The van der Waals surface area contributed by atoms with Crippen LogP contribution in [0.15, 0.2) is 54.9 Å². The van der Waals surface area contributed by atoms with E-state index in [1.165, 1.54) is 0 Å². The predicted molar refractivity (Wildman–Crippen MR) is 76.7 cm³/mol. The smallest absolute Gasteiger partial charge is 0.225 e. The van der Waals surface area contributed by atoms with Gasteiger partial charge in [-0.05, 0) is 43.3 Å². The Morgan fingerprint density at radius 3 is 2.65 bits per heavy atom. The predicted octanol–water partition coefficient (Wildman–Crippen LogP) is 3.48. The van der Waals surface area contributed by atoms with Crippen molar-refractivity contribution in [3.63, 3.8) is 0 Å². The van der Waals surface area contributed by atoms with Gasteiger partial charge < -0.3 is 9.84 Å². The van der Waals surface area contributed by atoms with Gasteiger partial charge in [0.1, 0.15) is 5.75 Å². The lowest BCUT2D eigenvalue weighted by Gasteiger charge is -2.12. The monoisotopic (exact) mass is 266 g/mol. The van der Waals surface area contributed by atoms with Gasteiger partial charge in [-0.15, -0.1) is 0 Å². The van der Waals surface area contributed by atoms with E-state index in [0.29, 0.717) is 17.2 Å². The number of rotatable bonds is 3. The highest BCUT2D eigenvalue weighted by atomic mass is 16.5. The summed E-state index contributed by atoms with van der Waals surface area (Å²) in [5.41, 5.74) is 1.52. The molecule has 2 heterocycles. The van der Waals surface area contributed by atoms with E-state index >= 15 is 0 Å². The summed E-state index contributed by atoms with van der Waals surface area (Å²) in [6.07, 6.45) is 2.76. The Balaban J connectivity index is 2.06. The molecule has 0 radical (unpaired) electrons. The molecule has 3 rings (SSSR count). The molecule has 0 aliphatic carbocycles. The highest BCUT2D eigenvalue weighted by Gasteiger charge is 2.12. The van der Waals surface area contributed by atoms with Gasteiger partial charge in [0.25, 0.3) is 0 Å². The number of hydrogen-bond acceptors (Lipinski definition) is 4. The largest absolute Gasteiger partial charge is 0.438 e. The summed E-state index contributed by atoms with van der Waals surface area (Å²) in [5, 5.41) is 10.7. The lowest BCUT2D eigenvalue weighted by molar-refractivity contribution is 0.194. The van der Waals surface area contributed by atoms with Crippen molar-refractivity contribution >= 4 is 10.9 Å². The second kappa shape index (κ2) is 5.27. The summed E-state index contributed by atoms with van der Waals surface area (Å²) < 4.78 is 5.87. The third-order valence-electron chi connectivity index (χ3n) is 3.06. The number of ether oxygens (including phenoxy) is 1. The summed E-state index contributed by atoms with van der Waals surface area (Å²) in [6, 6.07) is 13.1. The van der Waals surface area contributed by atoms with E-state index in [1.54, 1.807) is 31.5 Å². The van der Waals surface area contributed by atoms with Gasteiger partial charge in [0, 0.05) is 23.3 Å². The van der Waals surface area contributed by atoms with E-state index in [0.717, 1.165) is 10.9 Å². The average Bonchev–Trinajstić information content (AvgIpc) is 2.48. The molecule has 20 heavy (non-hydrogen) atoms. The molecule has 100 valence electrons. The van der Waals surface area contributed by atoms with Crippen molar-refractivity contribution in [2.75, 3.05) is 0 Å². The topological polar surface area (TPSA) is 55.2 Å². The minimum Gasteiger partial charge on any atom is -0.438 e. The first-order valence-corrected chi connectivity index (χ1v) is 6.40. The molecule has 1 unspecified atom stereocenters. The molecular weight excluding hydrogens is 252 g/mol. The van der Waals surface area contributed by atoms with E-state index in [4.69, 9.17) is 4.74 Å². The first-order chi connectivity index (χ1) is 9.75. The van der Waals surface area contributed by atoms with Crippen LogP contribution in [0, 0.1) is 0 Å². The molecule has 0 fully saturated rings. The average molecular weight is 266 g/mol. The van der Waals surface area contributed by atoms with Gasteiger partial charge in [-0.2, -0.15) is 0 Å². The molecule has 3 aromatic rings. The molecule has 1 N–H and O–H groups in total. The molecular formula is C16H14N2O2. The first kappa shape index (κ1) is 12.6. The van der Waals surface area contributed by atoms with Crippen molar-refractivity contribution in [2.24, 2.45) is 0 Å².